The second-order valence-electron chi connectivity index (χ2n) is 4.89. The van der Waals surface area contributed by atoms with Gasteiger partial charge in [0.1, 0.15) is 0 Å². The van der Waals surface area contributed by atoms with Crippen molar-refractivity contribution in [3.8, 4) is 0 Å². The Hall–Kier alpha value is -0.570. The molecule has 2 atom stereocenters. The summed E-state index contributed by atoms with van der Waals surface area (Å²) < 4.78 is 0. The van der Waals surface area contributed by atoms with Crippen molar-refractivity contribution >= 4 is 11.6 Å². The van der Waals surface area contributed by atoms with Crippen LogP contribution in [0, 0.1) is 5.92 Å². The number of rotatable bonds is 4. The van der Waals surface area contributed by atoms with Gasteiger partial charge in [-0.05, 0) is 43.0 Å². The highest BCUT2D eigenvalue weighted by molar-refractivity contribution is 6.30. The van der Waals surface area contributed by atoms with Gasteiger partial charge in [-0.3, -0.25) is 0 Å². The fourth-order valence-corrected chi connectivity index (χ4v) is 2.74. The lowest BCUT2D eigenvalue weighted by Crippen LogP contribution is -2.41. The first-order valence-corrected chi connectivity index (χ1v) is 6.85. The minimum absolute atomic E-state index is 0.587. The molecule has 1 aliphatic carbocycles. The standard InChI is InChI=1S/C14H21ClN2/c15-13-7-5-11(6-8-13)10-17-14-4-2-1-3-12(14)9-16/h5-8,12,14,17H,1-4,9-10,16H2. The van der Waals surface area contributed by atoms with Crippen molar-refractivity contribution in [2.45, 2.75) is 38.3 Å². The zero-order valence-corrected chi connectivity index (χ0v) is 10.9. The Morgan fingerprint density at radius 3 is 2.59 bits per heavy atom. The third-order valence-corrected chi connectivity index (χ3v) is 3.95. The predicted molar refractivity (Wildman–Crippen MR) is 73.1 cm³/mol. The van der Waals surface area contributed by atoms with Gasteiger partial charge < -0.3 is 11.1 Å². The zero-order chi connectivity index (χ0) is 12.1. The van der Waals surface area contributed by atoms with Crippen LogP contribution in [0.3, 0.4) is 0 Å². The molecular weight excluding hydrogens is 232 g/mol. The lowest BCUT2D eigenvalue weighted by molar-refractivity contribution is 0.267. The van der Waals surface area contributed by atoms with Crippen LogP contribution in [-0.4, -0.2) is 12.6 Å². The molecule has 2 rings (SSSR count). The molecule has 3 heteroatoms. The largest absolute Gasteiger partial charge is 0.330 e. The third-order valence-electron chi connectivity index (χ3n) is 3.69. The molecule has 1 aliphatic rings. The van der Waals surface area contributed by atoms with Crippen molar-refractivity contribution < 1.29 is 0 Å². The molecule has 0 aliphatic heterocycles. The van der Waals surface area contributed by atoms with E-state index in [-0.39, 0.29) is 0 Å². The van der Waals surface area contributed by atoms with Gasteiger partial charge >= 0.3 is 0 Å². The third kappa shape index (κ3) is 3.70. The number of benzene rings is 1. The van der Waals surface area contributed by atoms with Gasteiger partial charge in [-0.1, -0.05) is 36.6 Å². The summed E-state index contributed by atoms with van der Waals surface area (Å²) in [4.78, 5) is 0. The lowest BCUT2D eigenvalue weighted by Gasteiger charge is -2.31. The minimum Gasteiger partial charge on any atom is -0.330 e. The molecule has 0 bridgehead atoms. The number of hydrogen-bond acceptors (Lipinski definition) is 2. The Morgan fingerprint density at radius 1 is 1.18 bits per heavy atom. The normalized spacial score (nSPS) is 24.8. The summed E-state index contributed by atoms with van der Waals surface area (Å²) in [5.41, 5.74) is 7.11. The molecule has 0 radical (unpaired) electrons. The quantitative estimate of drug-likeness (QED) is 0.865. The van der Waals surface area contributed by atoms with Crippen molar-refractivity contribution in [3.05, 3.63) is 34.9 Å². The van der Waals surface area contributed by atoms with Gasteiger partial charge in [-0.15, -0.1) is 0 Å². The summed E-state index contributed by atoms with van der Waals surface area (Å²) in [6.07, 6.45) is 5.19. The fraction of sp³-hybridized carbons (Fsp3) is 0.571. The SMILES string of the molecule is NCC1CCCCC1NCc1ccc(Cl)cc1. The van der Waals surface area contributed by atoms with Gasteiger partial charge in [0.05, 0.1) is 0 Å². The van der Waals surface area contributed by atoms with E-state index in [9.17, 15) is 0 Å². The molecule has 2 nitrogen and oxygen atoms in total. The highest BCUT2D eigenvalue weighted by Crippen LogP contribution is 2.23. The highest BCUT2D eigenvalue weighted by Gasteiger charge is 2.22. The predicted octanol–water partition coefficient (Wildman–Crippen LogP) is 2.95. The van der Waals surface area contributed by atoms with Crippen LogP contribution in [0.15, 0.2) is 24.3 Å². The Bertz CT molecular complexity index is 337. The van der Waals surface area contributed by atoms with Gasteiger partial charge in [-0.25, -0.2) is 0 Å². The van der Waals surface area contributed by atoms with Crippen LogP contribution >= 0.6 is 11.6 Å². The number of nitrogens with two attached hydrogens (primary N) is 1. The molecule has 1 aromatic carbocycles. The van der Waals surface area contributed by atoms with E-state index < -0.39 is 0 Å². The van der Waals surface area contributed by atoms with Crippen molar-refractivity contribution in [2.75, 3.05) is 6.54 Å². The summed E-state index contributed by atoms with van der Waals surface area (Å²) in [7, 11) is 0. The molecule has 94 valence electrons. The molecule has 1 aromatic rings. The van der Waals surface area contributed by atoms with E-state index in [1.54, 1.807) is 0 Å². The first-order chi connectivity index (χ1) is 8.29. The number of halogens is 1. The fourth-order valence-electron chi connectivity index (χ4n) is 2.61. The first kappa shape index (κ1) is 12.9. The van der Waals surface area contributed by atoms with Crippen LogP contribution in [0.25, 0.3) is 0 Å². The Balaban J connectivity index is 1.86. The Morgan fingerprint density at radius 2 is 1.88 bits per heavy atom. The van der Waals surface area contributed by atoms with Crippen LogP contribution in [-0.2, 0) is 6.54 Å². The Kier molecular flexibility index (Phi) is 4.84. The van der Waals surface area contributed by atoms with Crippen LogP contribution in [0.1, 0.15) is 31.2 Å². The van der Waals surface area contributed by atoms with E-state index in [4.69, 9.17) is 17.3 Å². The van der Waals surface area contributed by atoms with E-state index in [1.165, 1.54) is 31.2 Å². The van der Waals surface area contributed by atoms with Crippen LogP contribution in [0.2, 0.25) is 5.02 Å². The van der Waals surface area contributed by atoms with E-state index in [0.717, 1.165) is 18.1 Å². The summed E-state index contributed by atoms with van der Waals surface area (Å²) in [5.74, 6) is 0.649. The van der Waals surface area contributed by atoms with Crippen molar-refractivity contribution in [3.63, 3.8) is 0 Å². The smallest absolute Gasteiger partial charge is 0.0406 e. The molecule has 0 heterocycles. The van der Waals surface area contributed by atoms with Gasteiger partial charge in [-0.2, -0.15) is 0 Å². The summed E-state index contributed by atoms with van der Waals surface area (Å²) in [6, 6.07) is 8.63. The zero-order valence-electron chi connectivity index (χ0n) is 10.2. The maximum Gasteiger partial charge on any atom is 0.0406 e. The van der Waals surface area contributed by atoms with Gasteiger partial charge in [0, 0.05) is 17.6 Å². The first-order valence-electron chi connectivity index (χ1n) is 6.47. The topological polar surface area (TPSA) is 38.0 Å². The Labute approximate surface area is 109 Å². The molecule has 3 N–H and O–H groups in total. The molecule has 1 saturated carbocycles. The van der Waals surface area contributed by atoms with Crippen molar-refractivity contribution in [1.82, 2.24) is 5.32 Å². The molecule has 0 saturated heterocycles. The maximum atomic E-state index is 5.87. The molecule has 1 fully saturated rings. The molecule has 17 heavy (non-hydrogen) atoms. The minimum atomic E-state index is 0.587. The van der Waals surface area contributed by atoms with Crippen LogP contribution in [0.4, 0.5) is 0 Å². The molecular formula is C14H21ClN2. The average Bonchev–Trinajstić information content (AvgIpc) is 2.38. The summed E-state index contributed by atoms with van der Waals surface area (Å²) in [6.45, 7) is 1.72. The van der Waals surface area contributed by atoms with Gasteiger partial charge in [0.25, 0.3) is 0 Å². The van der Waals surface area contributed by atoms with E-state index in [0.29, 0.717) is 12.0 Å². The van der Waals surface area contributed by atoms with Crippen molar-refractivity contribution in [2.24, 2.45) is 11.7 Å². The van der Waals surface area contributed by atoms with Gasteiger partial charge in [0.15, 0.2) is 0 Å². The maximum absolute atomic E-state index is 5.87. The number of hydrogen-bond donors (Lipinski definition) is 2. The average molecular weight is 253 g/mol. The van der Waals surface area contributed by atoms with E-state index >= 15 is 0 Å². The van der Waals surface area contributed by atoms with Gasteiger partial charge in [0.2, 0.25) is 0 Å². The summed E-state index contributed by atoms with van der Waals surface area (Å²) in [5, 5.41) is 4.43. The second-order valence-corrected chi connectivity index (χ2v) is 5.33. The van der Waals surface area contributed by atoms with Crippen LogP contribution < -0.4 is 11.1 Å². The molecule has 2 unspecified atom stereocenters. The van der Waals surface area contributed by atoms with Crippen LogP contribution in [0.5, 0.6) is 0 Å². The lowest BCUT2D eigenvalue weighted by atomic mass is 9.84. The monoisotopic (exact) mass is 252 g/mol. The molecule has 0 spiro atoms. The number of nitrogens with one attached hydrogen (secondary N) is 1. The second kappa shape index (κ2) is 6.39. The highest BCUT2D eigenvalue weighted by atomic mass is 35.5. The summed E-state index contributed by atoms with van der Waals surface area (Å²) >= 11 is 5.87. The molecule has 0 aromatic heterocycles. The van der Waals surface area contributed by atoms with E-state index in [2.05, 4.69) is 17.4 Å². The van der Waals surface area contributed by atoms with E-state index in [1.807, 2.05) is 12.1 Å². The molecule has 0 amide bonds. The van der Waals surface area contributed by atoms with Crippen molar-refractivity contribution in [1.29, 1.82) is 0 Å².